The first-order chi connectivity index (χ1) is 15.0. The third-order valence-corrected chi connectivity index (χ3v) is 5.66. The molecule has 3 amide bonds. The zero-order valence-electron chi connectivity index (χ0n) is 16.9. The molecule has 0 bridgehead atoms. The number of H-pyrrole nitrogens is 1. The van der Waals surface area contributed by atoms with E-state index in [1.807, 2.05) is 30.5 Å². The topological polar surface area (TPSA) is 94.3 Å². The Bertz CT molecular complexity index is 1110. The van der Waals surface area contributed by atoms with Crippen LogP contribution in [0.4, 0.5) is 5.69 Å². The van der Waals surface area contributed by atoms with Crippen LogP contribution in [-0.2, 0) is 20.8 Å². The quantitative estimate of drug-likeness (QED) is 0.495. The monoisotopic (exact) mass is 438 g/mol. The van der Waals surface area contributed by atoms with Crippen LogP contribution in [-0.4, -0.2) is 42.3 Å². The molecule has 8 heteroatoms. The van der Waals surface area contributed by atoms with E-state index < -0.39 is 5.92 Å². The van der Waals surface area contributed by atoms with Crippen molar-refractivity contribution in [2.24, 2.45) is 5.92 Å². The maximum atomic E-state index is 12.4. The summed E-state index contributed by atoms with van der Waals surface area (Å²) in [6, 6.07) is 14.8. The summed E-state index contributed by atoms with van der Waals surface area (Å²) in [5.74, 6) is -0.792. The lowest BCUT2D eigenvalue weighted by molar-refractivity contribution is -0.126. The molecule has 0 aliphatic carbocycles. The van der Waals surface area contributed by atoms with Gasteiger partial charge in [-0.3, -0.25) is 14.4 Å². The minimum atomic E-state index is -0.412. The highest BCUT2D eigenvalue weighted by molar-refractivity contribution is 6.30. The van der Waals surface area contributed by atoms with E-state index in [1.165, 1.54) is 0 Å². The van der Waals surface area contributed by atoms with Crippen LogP contribution in [0.5, 0.6) is 0 Å². The van der Waals surface area contributed by atoms with Gasteiger partial charge in [-0.1, -0.05) is 29.8 Å². The standard InChI is InChI=1S/C23H23ClN4O3/c24-17-5-7-18(8-6-17)28-14-16(12-22(28)30)23(31)26-10-9-25-21(29)11-15-13-27-20-4-2-1-3-19(15)20/h1-8,13,16,27H,9-12,14H2,(H,25,29)(H,26,31)/t16-/m0/s1. The van der Waals surface area contributed by atoms with Crippen LogP contribution in [0.3, 0.4) is 0 Å². The molecule has 0 saturated carbocycles. The molecule has 160 valence electrons. The second-order valence-electron chi connectivity index (χ2n) is 7.56. The summed E-state index contributed by atoms with van der Waals surface area (Å²) in [4.78, 5) is 41.7. The van der Waals surface area contributed by atoms with Gasteiger partial charge in [0.25, 0.3) is 0 Å². The summed E-state index contributed by atoms with van der Waals surface area (Å²) in [7, 11) is 0. The second-order valence-corrected chi connectivity index (χ2v) is 8.00. The lowest BCUT2D eigenvalue weighted by Crippen LogP contribution is -2.38. The van der Waals surface area contributed by atoms with Gasteiger partial charge in [0.2, 0.25) is 17.7 Å². The molecule has 31 heavy (non-hydrogen) atoms. The molecule has 3 N–H and O–H groups in total. The van der Waals surface area contributed by atoms with Crippen molar-refractivity contribution in [2.45, 2.75) is 12.8 Å². The van der Waals surface area contributed by atoms with Crippen LogP contribution in [0.25, 0.3) is 10.9 Å². The number of amides is 3. The van der Waals surface area contributed by atoms with E-state index in [-0.39, 0.29) is 30.6 Å². The smallest absolute Gasteiger partial charge is 0.227 e. The number of anilines is 1. The Balaban J connectivity index is 1.21. The van der Waals surface area contributed by atoms with Gasteiger partial charge in [0.1, 0.15) is 0 Å². The Morgan fingerprint density at radius 2 is 1.81 bits per heavy atom. The number of aromatic amines is 1. The van der Waals surface area contributed by atoms with Crippen molar-refractivity contribution >= 4 is 45.9 Å². The van der Waals surface area contributed by atoms with E-state index >= 15 is 0 Å². The Hall–Kier alpha value is -3.32. The molecule has 1 aliphatic heterocycles. The van der Waals surface area contributed by atoms with Gasteiger partial charge in [-0.2, -0.15) is 0 Å². The summed E-state index contributed by atoms with van der Waals surface area (Å²) >= 11 is 5.89. The number of benzene rings is 2. The third kappa shape index (κ3) is 4.88. The number of carbonyl (C=O) groups excluding carboxylic acids is 3. The van der Waals surface area contributed by atoms with E-state index in [0.29, 0.717) is 24.7 Å². The molecule has 0 spiro atoms. The summed E-state index contributed by atoms with van der Waals surface area (Å²) in [6.07, 6.45) is 2.28. The Kier molecular flexibility index (Phi) is 6.23. The van der Waals surface area contributed by atoms with Crippen LogP contribution in [0.1, 0.15) is 12.0 Å². The average molecular weight is 439 g/mol. The molecule has 1 saturated heterocycles. The molecule has 0 unspecified atom stereocenters. The van der Waals surface area contributed by atoms with Gasteiger partial charge in [0.15, 0.2) is 0 Å². The minimum absolute atomic E-state index is 0.0884. The number of rotatable bonds is 7. The number of hydrogen-bond acceptors (Lipinski definition) is 3. The summed E-state index contributed by atoms with van der Waals surface area (Å²) in [5.41, 5.74) is 2.66. The van der Waals surface area contributed by atoms with Gasteiger partial charge in [-0.25, -0.2) is 0 Å². The third-order valence-electron chi connectivity index (χ3n) is 5.41. The van der Waals surface area contributed by atoms with Gasteiger partial charge in [-0.15, -0.1) is 0 Å². The molecular formula is C23H23ClN4O3. The van der Waals surface area contributed by atoms with Crippen molar-refractivity contribution in [1.29, 1.82) is 0 Å². The number of fused-ring (bicyclic) bond motifs is 1. The molecular weight excluding hydrogens is 416 g/mol. The lowest BCUT2D eigenvalue weighted by Gasteiger charge is -2.16. The predicted octanol–water partition coefficient (Wildman–Crippen LogP) is 2.65. The normalized spacial score (nSPS) is 16.0. The van der Waals surface area contributed by atoms with Crippen LogP contribution >= 0.6 is 11.6 Å². The van der Waals surface area contributed by atoms with Gasteiger partial charge in [0.05, 0.1) is 12.3 Å². The fourth-order valence-electron chi connectivity index (χ4n) is 3.80. The molecule has 4 rings (SSSR count). The fourth-order valence-corrected chi connectivity index (χ4v) is 3.93. The van der Waals surface area contributed by atoms with Crippen molar-refractivity contribution in [3.63, 3.8) is 0 Å². The van der Waals surface area contributed by atoms with Crippen molar-refractivity contribution in [1.82, 2.24) is 15.6 Å². The van der Waals surface area contributed by atoms with E-state index in [2.05, 4.69) is 15.6 Å². The number of carbonyl (C=O) groups is 3. The highest BCUT2D eigenvalue weighted by Crippen LogP contribution is 2.26. The van der Waals surface area contributed by atoms with E-state index in [4.69, 9.17) is 11.6 Å². The van der Waals surface area contributed by atoms with Crippen LogP contribution < -0.4 is 15.5 Å². The fraction of sp³-hybridized carbons (Fsp3) is 0.261. The minimum Gasteiger partial charge on any atom is -0.361 e. The van der Waals surface area contributed by atoms with Crippen molar-refractivity contribution in [2.75, 3.05) is 24.5 Å². The Morgan fingerprint density at radius 1 is 1.06 bits per heavy atom. The molecule has 3 aromatic rings. The van der Waals surface area contributed by atoms with E-state index in [0.717, 1.165) is 22.2 Å². The molecule has 1 aliphatic rings. The average Bonchev–Trinajstić information content (AvgIpc) is 3.35. The summed E-state index contributed by atoms with van der Waals surface area (Å²) < 4.78 is 0. The Labute approximate surface area is 184 Å². The number of nitrogens with one attached hydrogen (secondary N) is 3. The zero-order valence-corrected chi connectivity index (χ0v) is 17.6. The predicted molar refractivity (Wildman–Crippen MR) is 120 cm³/mol. The molecule has 1 aromatic heterocycles. The molecule has 0 radical (unpaired) electrons. The summed E-state index contributed by atoms with van der Waals surface area (Å²) in [6.45, 7) is 0.970. The number of nitrogens with zero attached hydrogens (tertiary/aromatic N) is 1. The molecule has 1 atom stereocenters. The van der Waals surface area contributed by atoms with Crippen LogP contribution in [0.2, 0.25) is 5.02 Å². The van der Waals surface area contributed by atoms with Crippen LogP contribution in [0.15, 0.2) is 54.7 Å². The first-order valence-electron chi connectivity index (χ1n) is 10.2. The van der Waals surface area contributed by atoms with E-state index in [1.54, 1.807) is 29.2 Å². The van der Waals surface area contributed by atoms with Gasteiger partial charge >= 0.3 is 0 Å². The van der Waals surface area contributed by atoms with Gasteiger partial charge < -0.3 is 20.5 Å². The number of para-hydroxylation sites is 1. The Morgan fingerprint density at radius 3 is 2.61 bits per heavy atom. The van der Waals surface area contributed by atoms with E-state index in [9.17, 15) is 14.4 Å². The van der Waals surface area contributed by atoms with Gasteiger partial charge in [0, 0.05) is 53.9 Å². The maximum Gasteiger partial charge on any atom is 0.227 e. The highest BCUT2D eigenvalue weighted by Gasteiger charge is 2.34. The molecule has 2 aromatic carbocycles. The molecule has 2 heterocycles. The number of halogens is 1. The lowest BCUT2D eigenvalue weighted by atomic mass is 10.1. The van der Waals surface area contributed by atoms with Crippen molar-refractivity contribution < 1.29 is 14.4 Å². The molecule has 1 fully saturated rings. The van der Waals surface area contributed by atoms with Crippen LogP contribution in [0, 0.1) is 5.92 Å². The maximum absolute atomic E-state index is 12.4. The second kappa shape index (κ2) is 9.22. The zero-order chi connectivity index (χ0) is 21.8. The number of hydrogen-bond donors (Lipinski definition) is 3. The SMILES string of the molecule is O=C(Cc1c[nH]c2ccccc12)NCCNC(=O)[C@H]1CC(=O)N(c2ccc(Cl)cc2)C1. The first-order valence-corrected chi connectivity index (χ1v) is 10.5. The summed E-state index contributed by atoms with van der Waals surface area (Å²) in [5, 5.41) is 7.26. The highest BCUT2D eigenvalue weighted by atomic mass is 35.5. The first kappa shape index (κ1) is 20.9. The largest absolute Gasteiger partial charge is 0.361 e. The number of aromatic nitrogens is 1. The van der Waals surface area contributed by atoms with Crippen molar-refractivity contribution in [3.05, 3.63) is 65.3 Å². The van der Waals surface area contributed by atoms with Gasteiger partial charge in [-0.05, 0) is 35.9 Å². The molecule has 7 nitrogen and oxygen atoms in total. The van der Waals surface area contributed by atoms with Crippen molar-refractivity contribution in [3.8, 4) is 0 Å².